The summed E-state index contributed by atoms with van der Waals surface area (Å²) >= 11 is 0. The Morgan fingerprint density at radius 1 is 1.32 bits per heavy atom. The number of nitrogens with zero attached hydrogens (tertiary/aromatic N) is 3. The number of rotatable bonds is 7. The number of nitrogens with one attached hydrogen (secondary N) is 2. The molecule has 1 heterocycles. The van der Waals surface area contributed by atoms with Crippen LogP contribution in [0.3, 0.4) is 0 Å². The lowest BCUT2D eigenvalue weighted by molar-refractivity contribution is -0.141. The maximum absolute atomic E-state index is 11.3. The summed E-state index contributed by atoms with van der Waals surface area (Å²) in [6, 6.07) is -0.350. The Kier molecular flexibility index (Phi) is 5.77. The molecule has 0 aliphatic heterocycles. The number of methoxy groups -OCH3 is 1. The van der Waals surface area contributed by atoms with E-state index in [4.69, 9.17) is 4.74 Å². The van der Waals surface area contributed by atoms with Gasteiger partial charge in [-0.2, -0.15) is 15.0 Å². The van der Waals surface area contributed by atoms with Crippen LogP contribution in [0.25, 0.3) is 0 Å². The number of ether oxygens (including phenoxy) is 2. The highest BCUT2D eigenvalue weighted by molar-refractivity contribution is 5.77. The topological polar surface area (TPSA) is 98.3 Å². The normalized spacial score (nSPS) is 11.6. The van der Waals surface area contributed by atoms with Crippen LogP contribution in [0.5, 0.6) is 6.01 Å². The third kappa shape index (κ3) is 4.57. The largest absolute Gasteiger partial charge is 0.467 e. The molecule has 0 saturated carbocycles. The fraction of sp³-hybridized carbons (Fsp3) is 0.636. The highest BCUT2D eigenvalue weighted by Crippen LogP contribution is 2.12. The smallest absolute Gasteiger partial charge is 0.328 e. The Balaban J connectivity index is 2.84. The number of carbonyl (C=O) groups is 1. The van der Waals surface area contributed by atoms with E-state index < -0.39 is 12.0 Å². The molecule has 1 unspecified atom stereocenters. The molecule has 0 spiro atoms. The van der Waals surface area contributed by atoms with E-state index in [1.165, 1.54) is 7.11 Å². The Labute approximate surface area is 111 Å². The van der Waals surface area contributed by atoms with Crippen molar-refractivity contribution < 1.29 is 14.3 Å². The summed E-state index contributed by atoms with van der Waals surface area (Å²) in [5, 5.41) is 5.63. The fourth-order valence-electron chi connectivity index (χ4n) is 1.22. The van der Waals surface area contributed by atoms with Crippen LogP contribution >= 0.6 is 0 Å². The Morgan fingerprint density at radius 3 is 2.58 bits per heavy atom. The number of carbonyl (C=O) groups excluding carboxylic acids is 1. The number of hydrogen-bond acceptors (Lipinski definition) is 8. The maximum Gasteiger partial charge on any atom is 0.328 e. The third-order valence-corrected chi connectivity index (χ3v) is 2.17. The van der Waals surface area contributed by atoms with E-state index in [9.17, 15) is 4.79 Å². The molecule has 1 rings (SSSR count). The van der Waals surface area contributed by atoms with Gasteiger partial charge in [-0.25, -0.2) is 4.79 Å². The van der Waals surface area contributed by atoms with Crippen molar-refractivity contribution in [1.29, 1.82) is 0 Å². The van der Waals surface area contributed by atoms with E-state index in [2.05, 4.69) is 30.3 Å². The average Bonchev–Trinajstić information content (AvgIpc) is 2.43. The molecule has 0 aliphatic carbocycles. The summed E-state index contributed by atoms with van der Waals surface area (Å²) in [4.78, 5) is 23.5. The van der Waals surface area contributed by atoms with Gasteiger partial charge in [0.2, 0.25) is 11.9 Å². The molecule has 106 valence electrons. The Bertz CT molecular complexity index is 427. The SMILES string of the molecule is CCCOc1nc(NC)nc(NC(C)C(=O)OC)n1. The van der Waals surface area contributed by atoms with Crippen molar-refractivity contribution in [1.82, 2.24) is 15.0 Å². The molecule has 19 heavy (non-hydrogen) atoms. The first-order chi connectivity index (χ1) is 9.10. The van der Waals surface area contributed by atoms with Gasteiger partial charge < -0.3 is 20.1 Å². The number of esters is 1. The maximum atomic E-state index is 11.3. The molecule has 8 heteroatoms. The van der Waals surface area contributed by atoms with Gasteiger partial charge in [0.15, 0.2) is 0 Å². The quantitative estimate of drug-likeness (QED) is 0.697. The van der Waals surface area contributed by atoms with Gasteiger partial charge in [0.05, 0.1) is 13.7 Å². The van der Waals surface area contributed by atoms with Crippen molar-refractivity contribution in [3.63, 3.8) is 0 Å². The fourth-order valence-corrected chi connectivity index (χ4v) is 1.22. The van der Waals surface area contributed by atoms with Gasteiger partial charge in [-0.05, 0) is 13.3 Å². The molecule has 0 radical (unpaired) electrons. The van der Waals surface area contributed by atoms with E-state index >= 15 is 0 Å². The van der Waals surface area contributed by atoms with E-state index in [-0.39, 0.29) is 12.0 Å². The monoisotopic (exact) mass is 269 g/mol. The molecule has 0 aromatic carbocycles. The highest BCUT2D eigenvalue weighted by Gasteiger charge is 2.15. The molecule has 1 aromatic rings. The number of hydrogen-bond donors (Lipinski definition) is 2. The predicted octanol–water partition coefficient (Wildman–Crippen LogP) is 0.675. The van der Waals surface area contributed by atoms with Crippen molar-refractivity contribution in [2.75, 3.05) is 31.4 Å². The molecule has 0 aliphatic rings. The van der Waals surface area contributed by atoms with E-state index in [1.807, 2.05) is 6.92 Å². The Hall–Kier alpha value is -2.12. The number of anilines is 2. The first-order valence-corrected chi connectivity index (χ1v) is 6.01. The summed E-state index contributed by atoms with van der Waals surface area (Å²) in [6.45, 7) is 4.15. The predicted molar refractivity (Wildman–Crippen MR) is 70.3 cm³/mol. The summed E-state index contributed by atoms with van der Waals surface area (Å²) in [7, 11) is 3.01. The lowest BCUT2D eigenvalue weighted by Crippen LogP contribution is -2.28. The van der Waals surface area contributed by atoms with Gasteiger partial charge in [0, 0.05) is 7.05 Å². The molecule has 0 saturated heterocycles. The molecule has 1 atom stereocenters. The van der Waals surface area contributed by atoms with Crippen molar-refractivity contribution in [3.05, 3.63) is 0 Å². The van der Waals surface area contributed by atoms with Gasteiger partial charge in [-0.3, -0.25) is 0 Å². The van der Waals surface area contributed by atoms with Crippen LogP contribution in [0.15, 0.2) is 0 Å². The molecule has 0 fully saturated rings. The second-order valence-corrected chi connectivity index (χ2v) is 3.75. The third-order valence-electron chi connectivity index (χ3n) is 2.17. The van der Waals surface area contributed by atoms with E-state index in [0.717, 1.165) is 6.42 Å². The van der Waals surface area contributed by atoms with Crippen LogP contribution in [0.4, 0.5) is 11.9 Å². The van der Waals surface area contributed by atoms with Gasteiger partial charge in [-0.1, -0.05) is 6.92 Å². The second-order valence-electron chi connectivity index (χ2n) is 3.75. The minimum Gasteiger partial charge on any atom is -0.467 e. The van der Waals surface area contributed by atoms with Gasteiger partial charge in [0.1, 0.15) is 6.04 Å². The minimum absolute atomic E-state index is 0.209. The molecule has 0 bridgehead atoms. The van der Waals surface area contributed by atoms with Gasteiger partial charge >= 0.3 is 12.0 Å². The summed E-state index contributed by atoms with van der Waals surface area (Å²) in [6.07, 6.45) is 0.849. The van der Waals surface area contributed by atoms with Crippen LogP contribution < -0.4 is 15.4 Å². The lowest BCUT2D eigenvalue weighted by Gasteiger charge is -2.12. The summed E-state index contributed by atoms with van der Waals surface area (Å²) in [5.41, 5.74) is 0. The zero-order valence-corrected chi connectivity index (χ0v) is 11.6. The highest BCUT2D eigenvalue weighted by atomic mass is 16.5. The van der Waals surface area contributed by atoms with Crippen molar-refractivity contribution in [2.24, 2.45) is 0 Å². The van der Waals surface area contributed by atoms with E-state index in [1.54, 1.807) is 14.0 Å². The van der Waals surface area contributed by atoms with Gasteiger partial charge in [0.25, 0.3) is 0 Å². The van der Waals surface area contributed by atoms with Crippen molar-refractivity contribution in [2.45, 2.75) is 26.3 Å². The van der Waals surface area contributed by atoms with Crippen LogP contribution in [-0.2, 0) is 9.53 Å². The van der Waals surface area contributed by atoms with Gasteiger partial charge in [-0.15, -0.1) is 0 Å². The van der Waals surface area contributed by atoms with Crippen LogP contribution in [0.2, 0.25) is 0 Å². The summed E-state index contributed by atoms with van der Waals surface area (Å²) < 4.78 is 9.96. The van der Waals surface area contributed by atoms with Crippen molar-refractivity contribution in [3.8, 4) is 6.01 Å². The zero-order chi connectivity index (χ0) is 14.3. The molecule has 1 aromatic heterocycles. The second kappa shape index (κ2) is 7.34. The van der Waals surface area contributed by atoms with Crippen LogP contribution in [0.1, 0.15) is 20.3 Å². The molecular weight excluding hydrogens is 250 g/mol. The average molecular weight is 269 g/mol. The zero-order valence-electron chi connectivity index (χ0n) is 11.6. The molecule has 0 amide bonds. The number of aromatic nitrogens is 3. The minimum atomic E-state index is -0.559. The summed E-state index contributed by atoms with van der Waals surface area (Å²) in [5.74, 6) is 0.214. The molecule has 2 N–H and O–H groups in total. The first kappa shape index (κ1) is 14.9. The van der Waals surface area contributed by atoms with Crippen LogP contribution in [-0.4, -0.2) is 47.7 Å². The van der Waals surface area contributed by atoms with Crippen molar-refractivity contribution >= 4 is 17.9 Å². The van der Waals surface area contributed by atoms with Crippen LogP contribution in [0, 0.1) is 0 Å². The molecular formula is C11H19N5O3. The molecule has 8 nitrogen and oxygen atoms in total. The first-order valence-electron chi connectivity index (χ1n) is 6.01. The Morgan fingerprint density at radius 2 is 2.00 bits per heavy atom. The standard InChI is InChI=1S/C11H19N5O3/c1-5-6-19-11-15-9(12-3)14-10(16-11)13-7(2)8(17)18-4/h7H,5-6H2,1-4H3,(H2,12,13,14,15,16). The lowest BCUT2D eigenvalue weighted by atomic mass is 10.3. The van der Waals surface area contributed by atoms with E-state index in [0.29, 0.717) is 12.6 Å².